The van der Waals surface area contributed by atoms with Crippen molar-refractivity contribution in [2.24, 2.45) is 0 Å². The number of hydrogen-bond acceptors (Lipinski definition) is 5. The van der Waals surface area contributed by atoms with Crippen molar-refractivity contribution in [1.29, 1.82) is 0 Å². The molecule has 1 aliphatic rings. The lowest BCUT2D eigenvalue weighted by atomic mass is 10.0. The topological polar surface area (TPSA) is 92.8 Å². The van der Waals surface area contributed by atoms with Gasteiger partial charge in [0.15, 0.2) is 21.4 Å². The fraction of sp³-hybridized carbons (Fsp3) is 0.474. The Kier molecular flexibility index (Phi) is 8.27. The van der Waals surface area contributed by atoms with Crippen LogP contribution in [0.25, 0.3) is 0 Å². The first-order valence-electron chi connectivity index (χ1n) is 9.22. The molecule has 0 saturated carbocycles. The van der Waals surface area contributed by atoms with Gasteiger partial charge >= 0.3 is 6.03 Å². The second kappa shape index (κ2) is 10.5. The van der Waals surface area contributed by atoms with Crippen LogP contribution in [0.4, 0.5) is 18.0 Å². The van der Waals surface area contributed by atoms with Crippen molar-refractivity contribution in [3.05, 3.63) is 41.7 Å². The number of carbonyl (C=O) groups excluding carboxylic acids is 2. The molecule has 7 nitrogen and oxygen atoms in total. The second-order valence-corrected chi connectivity index (χ2v) is 9.13. The number of halogens is 3. The largest absolute Gasteiger partial charge is 0.485 e. The molecule has 0 bridgehead atoms. The molecule has 30 heavy (non-hydrogen) atoms. The first kappa shape index (κ1) is 23.7. The Bertz CT molecular complexity index is 905. The number of alkyl halides is 2. The maximum atomic E-state index is 13.7. The molecule has 1 fully saturated rings. The van der Waals surface area contributed by atoms with Gasteiger partial charge in [-0.1, -0.05) is 25.1 Å². The van der Waals surface area contributed by atoms with Gasteiger partial charge in [0.1, 0.15) is 13.2 Å². The zero-order valence-corrected chi connectivity index (χ0v) is 17.1. The van der Waals surface area contributed by atoms with Crippen molar-refractivity contribution < 1.29 is 35.9 Å². The number of carbonyl (C=O) groups is 2. The number of benzene rings is 1. The molecule has 0 aliphatic carbocycles. The van der Waals surface area contributed by atoms with E-state index in [2.05, 4.69) is 5.32 Å². The van der Waals surface area contributed by atoms with Crippen LogP contribution in [0.2, 0.25) is 0 Å². The number of nitrogens with one attached hydrogen (secondary N) is 1. The number of urea groups is 1. The van der Waals surface area contributed by atoms with Gasteiger partial charge in [0.05, 0.1) is 11.5 Å². The van der Waals surface area contributed by atoms with E-state index in [9.17, 15) is 31.2 Å². The first-order valence-corrected chi connectivity index (χ1v) is 11.0. The second-order valence-electron chi connectivity index (χ2n) is 6.90. The smallest absolute Gasteiger partial charge is 0.324 e. The van der Waals surface area contributed by atoms with Crippen LogP contribution in [0.3, 0.4) is 0 Å². The van der Waals surface area contributed by atoms with E-state index in [4.69, 9.17) is 4.74 Å². The van der Waals surface area contributed by atoms with E-state index in [1.165, 1.54) is 17.0 Å². The van der Waals surface area contributed by atoms with Crippen molar-refractivity contribution in [2.75, 3.05) is 31.2 Å². The Morgan fingerprint density at radius 3 is 2.63 bits per heavy atom. The first-order chi connectivity index (χ1) is 14.1. The van der Waals surface area contributed by atoms with Gasteiger partial charge in [0, 0.05) is 6.54 Å². The number of sulfone groups is 1. The minimum absolute atomic E-state index is 0.0281. The molecule has 1 saturated heterocycles. The minimum atomic E-state index is -3.45. The molecule has 1 atom stereocenters. The zero-order valence-electron chi connectivity index (χ0n) is 16.3. The fourth-order valence-corrected chi connectivity index (χ4v) is 4.46. The molecule has 0 radical (unpaired) electrons. The molecule has 1 aromatic rings. The highest BCUT2D eigenvalue weighted by molar-refractivity contribution is 7.91. The minimum Gasteiger partial charge on any atom is -0.485 e. The summed E-state index contributed by atoms with van der Waals surface area (Å²) in [5, 5.41) is 2.14. The molecule has 2 rings (SSSR count). The lowest BCUT2D eigenvalue weighted by molar-refractivity contribution is -0.118. The van der Waals surface area contributed by atoms with Gasteiger partial charge in [0.2, 0.25) is 5.91 Å². The molecule has 1 aromatic carbocycles. The summed E-state index contributed by atoms with van der Waals surface area (Å²) in [5.74, 6) is -2.35. The van der Waals surface area contributed by atoms with E-state index in [-0.39, 0.29) is 42.7 Å². The number of imide groups is 1. The molecule has 166 valence electrons. The third kappa shape index (κ3) is 7.36. The number of amides is 3. The van der Waals surface area contributed by atoms with E-state index < -0.39 is 40.6 Å². The van der Waals surface area contributed by atoms with Gasteiger partial charge < -0.3 is 9.64 Å². The molecule has 3 amide bonds. The van der Waals surface area contributed by atoms with E-state index in [1.807, 2.05) is 0 Å². The Labute approximate surface area is 172 Å². The summed E-state index contributed by atoms with van der Waals surface area (Å²) >= 11 is 0. The van der Waals surface area contributed by atoms with Crippen molar-refractivity contribution in [3.8, 4) is 5.75 Å². The summed E-state index contributed by atoms with van der Waals surface area (Å²) in [6.45, 7) is 0.859. The standard InChI is InChI=1S/C19H23F3N2O5S/c1-13(14-5-6-15(20)16(9-14)29-11-17(21)22)12-30(27,28)8-4-2-3-7-24-10-18(25)23-19(24)26/h2-3,5-6,9,13,17H,4,7-8,10-12H2,1H3,(H,23,25,26)/b3-2+/t13-/m0/s1. The average molecular weight is 448 g/mol. The van der Waals surface area contributed by atoms with Crippen LogP contribution < -0.4 is 10.1 Å². The van der Waals surface area contributed by atoms with Gasteiger partial charge in [0.25, 0.3) is 6.43 Å². The number of allylic oxidation sites excluding steroid dienone is 1. The molecule has 1 N–H and O–H groups in total. The summed E-state index contributed by atoms with van der Waals surface area (Å²) in [4.78, 5) is 23.7. The van der Waals surface area contributed by atoms with Gasteiger partial charge in [-0.25, -0.2) is 26.4 Å². The van der Waals surface area contributed by atoms with Crippen molar-refractivity contribution in [3.63, 3.8) is 0 Å². The highest BCUT2D eigenvalue weighted by atomic mass is 32.2. The van der Waals surface area contributed by atoms with Gasteiger partial charge in [-0.3, -0.25) is 10.1 Å². The molecular weight excluding hydrogens is 425 g/mol. The molecule has 0 spiro atoms. The quantitative estimate of drug-likeness (QED) is 0.415. The number of hydrogen-bond donors (Lipinski definition) is 1. The average Bonchev–Trinajstić information content (AvgIpc) is 2.97. The highest BCUT2D eigenvalue weighted by Gasteiger charge is 2.25. The highest BCUT2D eigenvalue weighted by Crippen LogP contribution is 2.25. The predicted molar refractivity (Wildman–Crippen MR) is 104 cm³/mol. The van der Waals surface area contributed by atoms with Crippen LogP contribution in [0.5, 0.6) is 5.75 Å². The Balaban J connectivity index is 1.85. The van der Waals surface area contributed by atoms with Crippen LogP contribution in [0, 0.1) is 5.82 Å². The summed E-state index contributed by atoms with van der Waals surface area (Å²) < 4.78 is 67.6. The van der Waals surface area contributed by atoms with E-state index >= 15 is 0 Å². The van der Waals surface area contributed by atoms with Crippen LogP contribution >= 0.6 is 0 Å². The molecule has 0 unspecified atom stereocenters. The third-order valence-electron chi connectivity index (χ3n) is 4.35. The lowest BCUT2D eigenvalue weighted by Crippen LogP contribution is -2.28. The zero-order chi connectivity index (χ0) is 22.3. The summed E-state index contributed by atoms with van der Waals surface area (Å²) in [6, 6.07) is 3.20. The molecule has 1 aliphatic heterocycles. The number of ether oxygens (including phenoxy) is 1. The fourth-order valence-electron chi connectivity index (χ4n) is 2.85. The SMILES string of the molecule is C[C@@H](CS(=O)(=O)CC/C=C/CN1CC(=O)NC1=O)c1ccc(F)c(OCC(F)F)c1. The lowest BCUT2D eigenvalue weighted by Gasteiger charge is -2.14. The molecule has 1 heterocycles. The predicted octanol–water partition coefficient (Wildman–Crippen LogP) is 2.49. The Morgan fingerprint density at radius 2 is 2.00 bits per heavy atom. The van der Waals surface area contributed by atoms with Gasteiger partial charge in [-0.15, -0.1) is 0 Å². The monoisotopic (exact) mass is 448 g/mol. The molecule has 11 heteroatoms. The summed E-state index contributed by atoms with van der Waals surface area (Å²) in [5.41, 5.74) is 0.462. The van der Waals surface area contributed by atoms with E-state index in [0.717, 1.165) is 6.07 Å². The van der Waals surface area contributed by atoms with E-state index in [0.29, 0.717) is 5.56 Å². The number of nitrogens with zero attached hydrogens (tertiary/aromatic N) is 1. The van der Waals surface area contributed by atoms with Crippen LogP contribution in [-0.2, 0) is 14.6 Å². The van der Waals surface area contributed by atoms with E-state index in [1.54, 1.807) is 19.1 Å². The Morgan fingerprint density at radius 1 is 1.27 bits per heavy atom. The van der Waals surface area contributed by atoms with Crippen LogP contribution in [0.1, 0.15) is 24.8 Å². The normalized spacial score (nSPS) is 15.8. The van der Waals surface area contributed by atoms with Crippen molar-refractivity contribution in [1.82, 2.24) is 10.2 Å². The number of rotatable bonds is 11. The molecule has 0 aromatic heterocycles. The third-order valence-corrected chi connectivity index (χ3v) is 6.21. The maximum absolute atomic E-state index is 13.7. The summed E-state index contributed by atoms with van der Waals surface area (Å²) in [7, 11) is -3.45. The summed E-state index contributed by atoms with van der Waals surface area (Å²) in [6.07, 6.45) is 0.708. The van der Waals surface area contributed by atoms with Crippen molar-refractivity contribution >= 4 is 21.8 Å². The van der Waals surface area contributed by atoms with Gasteiger partial charge in [-0.05, 0) is 30.0 Å². The van der Waals surface area contributed by atoms with Crippen molar-refractivity contribution in [2.45, 2.75) is 25.7 Å². The van der Waals surface area contributed by atoms with Gasteiger partial charge in [-0.2, -0.15) is 0 Å². The maximum Gasteiger partial charge on any atom is 0.324 e. The Hall–Kier alpha value is -2.56. The van der Waals surface area contributed by atoms with Crippen LogP contribution in [0.15, 0.2) is 30.4 Å². The molecular formula is C19H23F3N2O5S. The van der Waals surface area contributed by atoms with Crippen LogP contribution in [-0.4, -0.2) is 62.9 Å².